The van der Waals surface area contributed by atoms with Crippen molar-refractivity contribution in [3.8, 4) is 5.75 Å². The Labute approximate surface area is 124 Å². The van der Waals surface area contributed by atoms with Crippen LogP contribution in [0.2, 0.25) is 0 Å². The van der Waals surface area contributed by atoms with Gasteiger partial charge >= 0.3 is 0 Å². The number of carbonyl (C=O) groups excluding carboxylic acids is 1. The van der Waals surface area contributed by atoms with E-state index in [4.69, 9.17) is 10.5 Å². The van der Waals surface area contributed by atoms with E-state index in [9.17, 15) is 4.79 Å². The van der Waals surface area contributed by atoms with Crippen molar-refractivity contribution in [2.75, 3.05) is 17.7 Å². The molecule has 21 heavy (non-hydrogen) atoms. The number of rotatable bonds is 4. The van der Waals surface area contributed by atoms with Gasteiger partial charge in [-0.05, 0) is 25.1 Å². The van der Waals surface area contributed by atoms with Crippen molar-refractivity contribution in [3.05, 3.63) is 30.1 Å². The van der Waals surface area contributed by atoms with Crippen LogP contribution in [0.5, 0.6) is 5.75 Å². The van der Waals surface area contributed by atoms with Gasteiger partial charge in [0, 0.05) is 0 Å². The minimum absolute atomic E-state index is 0.226. The molecule has 0 bridgehead atoms. The topological polar surface area (TPSA) is 106 Å². The molecule has 0 unspecified atom stereocenters. The van der Waals surface area contributed by atoms with E-state index in [1.807, 2.05) is 25.1 Å². The summed E-state index contributed by atoms with van der Waals surface area (Å²) in [6.45, 7) is 2.53. The second-order valence-corrected chi connectivity index (χ2v) is 5.27. The molecule has 2 aromatic heterocycles. The number of H-pyrrole nitrogens is 1. The van der Waals surface area contributed by atoms with Gasteiger partial charge in [0.1, 0.15) is 11.4 Å². The third kappa shape index (κ3) is 2.65. The lowest BCUT2D eigenvalue weighted by Crippen LogP contribution is -2.13. The maximum Gasteiger partial charge on any atom is 0.277 e. The lowest BCUT2D eigenvalue weighted by molar-refractivity contribution is 0.102. The summed E-state index contributed by atoms with van der Waals surface area (Å²) >= 11 is 1.37. The van der Waals surface area contributed by atoms with Gasteiger partial charge in [-0.15, -0.1) is 0 Å². The summed E-state index contributed by atoms with van der Waals surface area (Å²) < 4.78 is 6.38. The molecule has 0 aliphatic heterocycles. The number of hydrogen-bond acceptors (Lipinski definition) is 6. The van der Waals surface area contributed by atoms with E-state index < -0.39 is 0 Å². The molecule has 0 spiro atoms. The predicted octanol–water partition coefficient (Wildman–Crippen LogP) is 2.25. The van der Waals surface area contributed by atoms with Crippen LogP contribution < -0.4 is 15.8 Å². The van der Waals surface area contributed by atoms with Crippen molar-refractivity contribution in [3.63, 3.8) is 0 Å². The highest BCUT2D eigenvalue weighted by molar-refractivity contribution is 7.22. The molecule has 3 aromatic rings. The maximum absolute atomic E-state index is 12.0. The van der Waals surface area contributed by atoms with Crippen LogP contribution in [-0.4, -0.2) is 27.7 Å². The highest BCUT2D eigenvalue weighted by atomic mass is 32.1. The van der Waals surface area contributed by atoms with Crippen molar-refractivity contribution >= 4 is 38.3 Å². The van der Waals surface area contributed by atoms with Crippen LogP contribution in [0.4, 0.5) is 10.8 Å². The molecule has 4 N–H and O–H groups in total. The Hall–Kier alpha value is -2.61. The molecule has 0 aliphatic rings. The Morgan fingerprint density at radius 1 is 1.52 bits per heavy atom. The summed E-state index contributed by atoms with van der Waals surface area (Å²) in [7, 11) is 0. The van der Waals surface area contributed by atoms with Crippen LogP contribution in [-0.2, 0) is 0 Å². The van der Waals surface area contributed by atoms with Gasteiger partial charge in [-0.3, -0.25) is 15.2 Å². The first-order chi connectivity index (χ1) is 10.2. The molecule has 1 aromatic carbocycles. The molecular weight excluding hydrogens is 290 g/mol. The number of aromatic nitrogens is 3. The summed E-state index contributed by atoms with van der Waals surface area (Å²) in [6, 6.07) is 5.61. The van der Waals surface area contributed by atoms with Crippen molar-refractivity contribution in [2.45, 2.75) is 6.92 Å². The van der Waals surface area contributed by atoms with E-state index in [0.29, 0.717) is 17.4 Å². The van der Waals surface area contributed by atoms with Gasteiger partial charge < -0.3 is 10.5 Å². The Morgan fingerprint density at radius 3 is 3.10 bits per heavy atom. The smallest absolute Gasteiger partial charge is 0.277 e. The summed E-state index contributed by atoms with van der Waals surface area (Å²) in [5, 5.41) is 9.47. The number of hydrogen-bond donors (Lipinski definition) is 3. The predicted molar refractivity (Wildman–Crippen MR) is 81.7 cm³/mol. The second-order valence-electron chi connectivity index (χ2n) is 4.24. The van der Waals surface area contributed by atoms with Crippen molar-refractivity contribution < 1.29 is 9.53 Å². The molecule has 0 fully saturated rings. The van der Waals surface area contributed by atoms with E-state index in [-0.39, 0.29) is 11.6 Å². The van der Waals surface area contributed by atoms with Crippen molar-refractivity contribution in [1.29, 1.82) is 0 Å². The Morgan fingerprint density at radius 2 is 2.38 bits per heavy atom. The standard InChI is InChI=1S/C13H13N5O2S/c1-2-20-7-3-4-9-10(5-7)21-13(16-9)17-12(19)11-8(14)6-15-18-11/h3-6H,2,14H2,1H3,(H,15,18)(H,16,17,19). The van der Waals surface area contributed by atoms with E-state index in [1.165, 1.54) is 17.5 Å². The Bertz CT molecular complexity index is 795. The molecule has 1 amide bonds. The van der Waals surface area contributed by atoms with Crippen LogP contribution in [0.1, 0.15) is 17.4 Å². The first-order valence-corrected chi connectivity index (χ1v) is 7.12. The fourth-order valence-corrected chi connectivity index (χ4v) is 2.74. The SMILES string of the molecule is CCOc1ccc2nc(NC(=O)c3[nH]ncc3N)sc2c1. The van der Waals surface area contributed by atoms with E-state index >= 15 is 0 Å². The summed E-state index contributed by atoms with van der Waals surface area (Å²) in [5.41, 5.74) is 6.96. The number of fused-ring (bicyclic) bond motifs is 1. The molecule has 0 aliphatic carbocycles. The highest BCUT2D eigenvalue weighted by Crippen LogP contribution is 2.29. The van der Waals surface area contributed by atoms with E-state index in [0.717, 1.165) is 16.0 Å². The zero-order valence-corrected chi connectivity index (χ0v) is 12.0. The second kappa shape index (κ2) is 5.41. The van der Waals surface area contributed by atoms with Gasteiger partial charge in [-0.2, -0.15) is 5.10 Å². The number of nitrogens with zero attached hydrogens (tertiary/aromatic N) is 2. The maximum atomic E-state index is 12.0. The Balaban J connectivity index is 1.84. The van der Waals surface area contributed by atoms with Crippen LogP contribution in [0.15, 0.2) is 24.4 Å². The first-order valence-electron chi connectivity index (χ1n) is 6.31. The Kier molecular flexibility index (Phi) is 3.44. The zero-order chi connectivity index (χ0) is 14.8. The average Bonchev–Trinajstić information content (AvgIpc) is 3.04. The van der Waals surface area contributed by atoms with Gasteiger partial charge in [-0.1, -0.05) is 11.3 Å². The number of nitrogens with one attached hydrogen (secondary N) is 2. The van der Waals surface area contributed by atoms with Gasteiger partial charge in [-0.25, -0.2) is 4.98 Å². The minimum atomic E-state index is -0.367. The number of ether oxygens (including phenoxy) is 1. The van der Waals surface area contributed by atoms with E-state index in [2.05, 4.69) is 20.5 Å². The molecule has 0 saturated carbocycles. The molecule has 0 atom stereocenters. The lowest BCUT2D eigenvalue weighted by atomic mass is 10.3. The minimum Gasteiger partial charge on any atom is -0.494 e. The number of thiazole rings is 1. The summed E-state index contributed by atoms with van der Waals surface area (Å²) in [4.78, 5) is 16.4. The fourth-order valence-electron chi connectivity index (χ4n) is 1.85. The molecule has 3 rings (SSSR count). The quantitative estimate of drug-likeness (QED) is 0.685. The number of aromatic amines is 1. The lowest BCUT2D eigenvalue weighted by Gasteiger charge is -2.00. The largest absolute Gasteiger partial charge is 0.494 e. The number of nitrogen functional groups attached to an aromatic ring is 1. The van der Waals surface area contributed by atoms with Crippen LogP contribution in [0.3, 0.4) is 0 Å². The molecule has 8 heteroatoms. The van der Waals surface area contributed by atoms with Gasteiger partial charge in [0.15, 0.2) is 5.13 Å². The van der Waals surface area contributed by atoms with Crippen molar-refractivity contribution in [2.24, 2.45) is 0 Å². The number of carbonyl (C=O) groups is 1. The molecule has 0 saturated heterocycles. The van der Waals surface area contributed by atoms with Crippen LogP contribution >= 0.6 is 11.3 Å². The molecule has 0 radical (unpaired) electrons. The number of anilines is 2. The van der Waals surface area contributed by atoms with Crippen LogP contribution in [0.25, 0.3) is 10.2 Å². The third-order valence-electron chi connectivity index (χ3n) is 2.79. The fraction of sp³-hybridized carbons (Fsp3) is 0.154. The molecule has 7 nitrogen and oxygen atoms in total. The van der Waals surface area contributed by atoms with Crippen molar-refractivity contribution in [1.82, 2.24) is 15.2 Å². The molecular formula is C13H13N5O2S. The van der Waals surface area contributed by atoms with Gasteiger partial charge in [0.2, 0.25) is 0 Å². The zero-order valence-electron chi connectivity index (χ0n) is 11.2. The first kappa shape index (κ1) is 13.4. The monoisotopic (exact) mass is 303 g/mol. The van der Waals surface area contributed by atoms with Crippen LogP contribution in [0, 0.1) is 0 Å². The normalized spacial score (nSPS) is 10.7. The molecule has 2 heterocycles. The number of nitrogens with two attached hydrogens (primary N) is 1. The summed E-state index contributed by atoms with van der Waals surface area (Å²) in [5.74, 6) is 0.415. The highest BCUT2D eigenvalue weighted by Gasteiger charge is 2.14. The molecule has 108 valence electrons. The summed E-state index contributed by atoms with van der Waals surface area (Å²) in [6.07, 6.45) is 1.39. The number of amides is 1. The van der Waals surface area contributed by atoms with E-state index in [1.54, 1.807) is 0 Å². The number of benzene rings is 1. The third-order valence-corrected chi connectivity index (χ3v) is 3.72. The average molecular weight is 303 g/mol. The van der Waals surface area contributed by atoms with Gasteiger partial charge in [0.05, 0.1) is 28.7 Å². The van der Waals surface area contributed by atoms with Gasteiger partial charge in [0.25, 0.3) is 5.91 Å².